The van der Waals surface area contributed by atoms with E-state index in [-0.39, 0.29) is 5.91 Å². The fourth-order valence-electron chi connectivity index (χ4n) is 2.36. The molecule has 0 bridgehead atoms. The first-order valence-electron chi connectivity index (χ1n) is 7.19. The van der Waals surface area contributed by atoms with E-state index in [9.17, 15) is 4.79 Å². The zero-order valence-corrected chi connectivity index (χ0v) is 14.8. The highest BCUT2D eigenvalue weighted by atomic mass is 32.2. The topological polar surface area (TPSA) is 38.8 Å². The van der Waals surface area contributed by atoms with Gasteiger partial charge in [0.15, 0.2) is 15.8 Å². The molecule has 1 aliphatic heterocycles. The molecule has 2 aromatic rings. The van der Waals surface area contributed by atoms with Gasteiger partial charge in [-0.05, 0) is 35.9 Å². The minimum Gasteiger partial charge on any atom is -0.493 e. The number of hydrogen-bond donors (Lipinski definition) is 0. The Labute approximate surface area is 150 Å². The van der Waals surface area contributed by atoms with Gasteiger partial charge in [-0.1, -0.05) is 48.2 Å². The number of ether oxygens (including phenoxy) is 2. The summed E-state index contributed by atoms with van der Waals surface area (Å²) in [5.41, 5.74) is 1.62. The van der Waals surface area contributed by atoms with Gasteiger partial charge in [-0.2, -0.15) is 0 Å². The number of rotatable bonds is 4. The van der Waals surface area contributed by atoms with Gasteiger partial charge in [-0.3, -0.25) is 9.69 Å². The van der Waals surface area contributed by atoms with Crippen molar-refractivity contribution < 1.29 is 14.3 Å². The average molecular weight is 357 g/mol. The van der Waals surface area contributed by atoms with Crippen molar-refractivity contribution in [3.63, 3.8) is 0 Å². The largest absolute Gasteiger partial charge is 0.493 e. The van der Waals surface area contributed by atoms with Crippen LogP contribution in [0.5, 0.6) is 11.5 Å². The maximum Gasteiger partial charge on any atom is 0.270 e. The van der Waals surface area contributed by atoms with Crippen molar-refractivity contribution in [2.45, 2.75) is 0 Å². The molecule has 0 atom stereocenters. The molecule has 0 aliphatic carbocycles. The number of carbonyl (C=O) groups excluding carboxylic acids is 1. The van der Waals surface area contributed by atoms with E-state index >= 15 is 0 Å². The molecule has 4 nitrogen and oxygen atoms in total. The van der Waals surface area contributed by atoms with Crippen LogP contribution in [0.2, 0.25) is 0 Å². The van der Waals surface area contributed by atoms with Crippen LogP contribution in [-0.4, -0.2) is 24.4 Å². The van der Waals surface area contributed by atoms with Crippen LogP contribution in [0, 0.1) is 0 Å². The van der Waals surface area contributed by atoms with Crippen molar-refractivity contribution in [1.82, 2.24) is 0 Å². The molecule has 0 spiro atoms. The SMILES string of the molecule is COc1ccc(C=C2SC(=S)N(c3ccccc3)C2=O)cc1OC. The first-order chi connectivity index (χ1) is 11.6. The van der Waals surface area contributed by atoms with Gasteiger partial charge in [0.2, 0.25) is 0 Å². The number of hydrogen-bond acceptors (Lipinski definition) is 5. The van der Waals surface area contributed by atoms with Gasteiger partial charge in [-0.25, -0.2) is 0 Å². The van der Waals surface area contributed by atoms with E-state index in [4.69, 9.17) is 21.7 Å². The van der Waals surface area contributed by atoms with Crippen LogP contribution in [0.4, 0.5) is 5.69 Å². The summed E-state index contributed by atoms with van der Waals surface area (Å²) in [5, 5.41) is 0. The second-order valence-corrected chi connectivity index (χ2v) is 6.64. The lowest BCUT2D eigenvalue weighted by molar-refractivity contribution is -0.113. The van der Waals surface area contributed by atoms with E-state index in [1.807, 2.05) is 54.6 Å². The van der Waals surface area contributed by atoms with Crippen LogP contribution in [-0.2, 0) is 4.79 Å². The molecule has 1 saturated heterocycles. The Morgan fingerprint density at radius 3 is 2.42 bits per heavy atom. The molecular formula is C18H15NO3S2. The van der Waals surface area contributed by atoms with E-state index in [1.54, 1.807) is 19.1 Å². The Balaban J connectivity index is 1.92. The number of amides is 1. The Morgan fingerprint density at radius 2 is 1.75 bits per heavy atom. The molecule has 1 aliphatic rings. The van der Waals surface area contributed by atoms with Crippen molar-refractivity contribution in [2.24, 2.45) is 0 Å². The lowest BCUT2D eigenvalue weighted by Crippen LogP contribution is -2.27. The number of para-hydroxylation sites is 1. The van der Waals surface area contributed by atoms with Crippen LogP contribution in [0.25, 0.3) is 6.08 Å². The number of carbonyl (C=O) groups is 1. The summed E-state index contributed by atoms with van der Waals surface area (Å²) in [6.07, 6.45) is 1.81. The normalized spacial score (nSPS) is 15.9. The maximum absolute atomic E-state index is 12.7. The fourth-order valence-corrected chi connectivity index (χ4v) is 3.66. The zero-order chi connectivity index (χ0) is 17.1. The highest BCUT2D eigenvalue weighted by Gasteiger charge is 2.33. The lowest BCUT2D eigenvalue weighted by Gasteiger charge is -2.13. The molecule has 122 valence electrons. The minimum absolute atomic E-state index is 0.119. The maximum atomic E-state index is 12.7. The molecule has 0 aromatic heterocycles. The van der Waals surface area contributed by atoms with Gasteiger partial charge in [0, 0.05) is 0 Å². The molecule has 1 heterocycles. The highest BCUT2D eigenvalue weighted by Crippen LogP contribution is 2.37. The molecule has 3 rings (SSSR count). The third-order valence-electron chi connectivity index (χ3n) is 3.51. The second kappa shape index (κ2) is 7.07. The van der Waals surface area contributed by atoms with Crippen LogP contribution >= 0.6 is 24.0 Å². The number of nitrogens with zero attached hydrogens (tertiary/aromatic N) is 1. The molecule has 0 saturated carbocycles. The van der Waals surface area contributed by atoms with Gasteiger partial charge in [0.1, 0.15) is 0 Å². The number of anilines is 1. The van der Waals surface area contributed by atoms with E-state index in [0.29, 0.717) is 20.7 Å². The van der Waals surface area contributed by atoms with Crippen molar-refractivity contribution >= 4 is 46.0 Å². The average Bonchev–Trinajstić information content (AvgIpc) is 2.89. The first-order valence-corrected chi connectivity index (χ1v) is 8.41. The fraction of sp³-hybridized carbons (Fsp3) is 0.111. The van der Waals surface area contributed by atoms with Gasteiger partial charge in [0.25, 0.3) is 5.91 Å². The molecule has 0 N–H and O–H groups in total. The van der Waals surface area contributed by atoms with Gasteiger partial charge >= 0.3 is 0 Å². The zero-order valence-electron chi connectivity index (χ0n) is 13.2. The predicted molar refractivity (Wildman–Crippen MR) is 102 cm³/mol. The van der Waals surface area contributed by atoms with E-state index < -0.39 is 0 Å². The van der Waals surface area contributed by atoms with Crippen LogP contribution in [0.15, 0.2) is 53.4 Å². The molecule has 0 radical (unpaired) electrons. The number of thioether (sulfide) groups is 1. The van der Waals surface area contributed by atoms with Crippen molar-refractivity contribution in [3.05, 3.63) is 59.0 Å². The van der Waals surface area contributed by atoms with Gasteiger partial charge in [-0.15, -0.1) is 0 Å². The number of thiocarbonyl (C=S) groups is 1. The van der Waals surface area contributed by atoms with Gasteiger partial charge in [0.05, 0.1) is 24.8 Å². The minimum atomic E-state index is -0.119. The molecule has 6 heteroatoms. The Hall–Kier alpha value is -2.31. The molecule has 24 heavy (non-hydrogen) atoms. The quantitative estimate of drug-likeness (QED) is 0.608. The van der Waals surface area contributed by atoms with Crippen LogP contribution in [0.3, 0.4) is 0 Å². The van der Waals surface area contributed by atoms with E-state index in [1.165, 1.54) is 11.8 Å². The standard InChI is InChI=1S/C18H15NO3S2/c1-21-14-9-8-12(10-15(14)22-2)11-16-17(20)19(18(23)24-16)13-6-4-3-5-7-13/h3-11H,1-2H3. The summed E-state index contributed by atoms with van der Waals surface area (Å²) in [5.74, 6) is 1.14. The van der Waals surface area contributed by atoms with Crippen LogP contribution in [0.1, 0.15) is 5.56 Å². The Kier molecular flexibility index (Phi) is 4.87. The third kappa shape index (κ3) is 3.16. The van der Waals surface area contributed by atoms with E-state index in [2.05, 4.69) is 0 Å². The van der Waals surface area contributed by atoms with Crippen molar-refractivity contribution in [1.29, 1.82) is 0 Å². The molecule has 2 aromatic carbocycles. The summed E-state index contributed by atoms with van der Waals surface area (Å²) < 4.78 is 11.1. The van der Waals surface area contributed by atoms with Crippen molar-refractivity contribution in [2.75, 3.05) is 19.1 Å². The summed E-state index contributed by atoms with van der Waals surface area (Å²) in [6, 6.07) is 14.9. The van der Waals surface area contributed by atoms with Crippen LogP contribution < -0.4 is 14.4 Å². The monoisotopic (exact) mass is 357 g/mol. The summed E-state index contributed by atoms with van der Waals surface area (Å²) >= 11 is 6.66. The lowest BCUT2D eigenvalue weighted by atomic mass is 10.2. The summed E-state index contributed by atoms with van der Waals surface area (Å²) in [4.78, 5) is 14.8. The molecule has 1 amide bonds. The molecule has 0 unspecified atom stereocenters. The predicted octanol–water partition coefficient (Wildman–Crippen LogP) is 4.11. The molecular weight excluding hydrogens is 342 g/mol. The number of methoxy groups -OCH3 is 2. The second-order valence-electron chi connectivity index (χ2n) is 4.97. The first kappa shape index (κ1) is 16.5. The summed E-state index contributed by atoms with van der Waals surface area (Å²) in [6.45, 7) is 0. The Bertz CT molecular complexity index is 818. The Morgan fingerprint density at radius 1 is 1.04 bits per heavy atom. The van der Waals surface area contributed by atoms with Gasteiger partial charge < -0.3 is 9.47 Å². The third-order valence-corrected chi connectivity index (χ3v) is 4.82. The smallest absolute Gasteiger partial charge is 0.270 e. The summed E-state index contributed by atoms with van der Waals surface area (Å²) in [7, 11) is 3.17. The molecule has 1 fully saturated rings. The van der Waals surface area contributed by atoms with E-state index in [0.717, 1.165) is 11.3 Å². The highest BCUT2D eigenvalue weighted by molar-refractivity contribution is 8.27. The number of benzene rings is 2. The van der Waals surface area contributed by atoms with Crippen molar-refractivity contribution in [3.8, 4) is 11.5 Å².